The minimum atomic E-state index is -3.62. The Bertz CT molecular complexity index is 1210. The summed E-state index contributed by atoms with van der Waals surface area (Å²) >= 11 is 0. The number of hydrogen-bond acceptors (Lipinski definition) is 3. The van der Waals surface area contributed by atoms with Crippen molar-refractivity contribution in [1.29, 1.82) is 0 Å². The molecule has 0 bridgehead atoms. The summed E-state index contributed by atoms with van der Waals surface area (Å²) in [5.41, 5.74) is 4.54. The number of nitrogens with zero attached hydrogens (tertiary/aromatic N) is 1. The van der Waals surface area contributed by atoms with Gasteiger partial charge in [-0.3, -0.25) is 4.79 Å². The van der Waals surface area contributed by atoms with Gasteiger partial charge in [0.1, 0.15) is 0 Å². The first-order valence-electron chi connectivity index (χ1n) is 11.0. The van der Waals surface area contributed by atoms with Crippen LogP contribution in [0.4, 0.5) is 5.69 Å². The van der Waals surface area contributed by atoms with Crippen LogP contribution in [-0.2, 0) is 29.4 Å². The molecule has 3 aromatic carbocycles. The molecule has 6 heteroatoms. The number of nitrogens with one attached hydrogen (secondary N) is 1. The molecule has 1 aliphatic heterocycles. The van der Waals surface area contributed by atoms with Gasteiger partial charge in [0.05, 0.1) is 4.90 Å². The SMILES string of the molecule is CCCc1ccc(S(=O)(=O)NCc2ccc3c(c2)N(C(=O)c2ccccc2)[C@H](C)C3)cc1. The lowest BCUT2D eigenvalue weighted by atomic mass is 10.1. The predicted molar refractivity (Wildman–Crippen MR) is 127 cm³/mol. The van der Waals surface area contributed by atoms with Gasteiger partial charge >= 0.3 is 0 Å². The zero-order valence-electron chi connectivity index (χ0n) is 18.4. The third kappa shape index (κ3) is 4.61. The lowest BCUT2D eigenvalue weighted by molar-refractivity contribution is 0.0981. The summed E-state index contributed by atoms with van der Waals surface area (Å²) in [6.45, 7) is 4.29. The molecule has 0 saturated carbocycles. The van der Waals surface area contributed by atoms with Crippen molar-refractivity contribution in [2.75, 3.05) is 4.90 Å². The van der Waals surface area contributed by atoms with Crippen molar-refractivity contribution in [3.05, 3.63) is 95.1 Å². The highest BCUT2D eigenvalue weighted by atomic mass is 32.2. The van der Waals surface area contributed by atoms with Gasteiger partial charge in [-0.25, -0.2) is 13.1 Å². The molecule has 4 rings (SSSR count). The van der Waals surface area contributed by atoms with Crippen LogP contribution in [0.5, 0.6) is 0 Å². The van der Waals surface area contributed by atoms with Gasteiger partial charge in [-0.05, 0) is 66.8 Å². The Hall–Kier alpha value is -2.96. The molecule has 1 aliphatic rings. The van der Waals surface area contributed by atoms with Crippen molar-refractivity contribution < 1.29 is 13.2 Å². The van der Waals surface area contributed by atoms with Gasteiger partial charge < -0.3 is 4.90 Å². The Morgan fingerprint density at radius 3 is 2.38 bits per heavy atom. The molecule has 0 fully saturated rings. The number of rotatable bonds is 7. The highest BCUT2D eigenvalue weighted by Crippen LogP contribution is 2.34. The summed E-state index contributed by atoms with van der Waals surface area (Å²) in [6.07, 6.45) is 2.73. The monoisotopic (exact) mass is 448 g/mol. The lowest BCUT2D eigenvalue weighted by Crippen LogP contribution is -2.35. The fourth-order valence-corrected chi connectivity index (χ4v) is 5.20. The van der Waals surface area contributed by atoms with Crippen molar-refractivity contribution >= 4 is 21.6 Å². The van der Waals surface area contributed by atoms with Crippen LogP contribution in [0, 0.1) is 0 Å². The minimum Gasteiger partial charge on any atom is -0.305 e. The van der Waals surface area contributed by atoms with Gasteiger partial charge in [0.15, 0.2) is 0 Å². The molecule has 0 aliphatic carbocycles. The predicted octanol–water partition coefficient (Wildman–Crippen LogP) is 4.71. The molecule has 3 aromatic rings. The molecule has 1 amide bonds. The summed E-state index contributed by atoms with van der Waals surface area (Å²) in [4.78, 5) is 15.2. The molecule has 1 heterocycles. The fourth-order valence-electron chi connectivity index (χ4n) is 4.18. The van der Waals surface area contributed by atoms with E-state index < -0.39 is 10.0 Å². The Morgan fingerprint density at radius 2 is 1.69 bits per heavy atom. The molecule has 0 unspecified atom stereocenters. The van der Waals surface area contributed by atoms with E-state index in [0.717, 1.165) is 41.6 Å². The Balaban J connectivity index is 1.52. The molecule has 1 N–H and O–H groups in total. The fraction of sp³-hybridized carbons (Fsp3) is 0.269. The second kappa shape index (κ2) is 9.27. The Labute approximate surface area is 190 Å². The first-order chi connectivity index (χ1) is 15.4. The van der Waals surface area contributed by atoms with E-state index in [0.29, 0.717) is 5.56 Å². The van der Waals surface area contributed by atoms with E-state index in [1.807, 2.05) is 72.5 Å². The van der Waals surface area contributed by atoms with Gasteiger partial charge in [0.25, 0.3) is 5.91 Å². The highest BCUT2D eigenvalue weighted by molar-refractivity contribution is 7.89. The maximum absolute atomic E-state index is 13.1. The van der Waals surface area contributed by atoms with Crippen LogP contribution < -0.4 is 9.62 Å². The second-order valence-corrected chi connectivity index (χ2v) is 10.0. The van der Waals surface area contributed by atoms with Crippen LogP contribution in [0.15, 0.2) is 77.7 Å². The van der Waals surface area contributed by atoms with Gasteiger partial charge in [-0.15, -0.1) is 0 Å². The molecule has 5 nitrogen and oxygen atoms in total. The van der Waals surface area contributed by atoms with Crippen molar-refractivity contribution in [1.82, 2.24) is 4.72 Å². The van der Waals surface area contributed by atoms with Gasteiger partial charge in [-0.1, -0.05) is 55.8 Å². The number of sulfonamides is 1. The summed E-state index contributed by atoms with van der Waals surface area (Å²) < 4.78 is 28.2. The van der Waals surface area contributed by atoms with Gasteiger partial charge in [0.2, 0.25) is 10.0 Å². The first kappa shape index (κ1) is 22.2. The second-order valence-electron chi connectivity index (χ2n) is 8.28. The molecule has 32 heavy (non-hydrogen) atoms. The molecular weight excluding hydrogens is 420 g/mol. The Kier molecular flexibility index (Phi) is 6.44. The summed E-state index contributed by atoms with van der Waals surface area (Å²) in [6, 6.07) is 22.2. The minimum absolute atomic E-state index is 0.0400. The molecule has 0 radical (unpaired) electrons. The van der Waals surface area contributed by atoms with Gasteiger partial charge in [-0.2, -0.15) is 0 Å². The summed E-state index contributed by atoms with van der Waals surface area (Å²) in [5.74, 6) is -0.0400. The van der Waals surface area contributed by atoms with E-state index in [-0.39, 0.29) is 23.4 Å². The quantitative estimate of drug-likeness (QED) is 0.569. The van der Waals surface area contributed by atoms with E-state index in [2.05, 4.69) is 11.6 Å². The normalized spacial score (nSPS) is 15.6. The van der Waals surface area contributed by atoms with E-state index >= 15 is 0 Å². The third-order valence-corrected chi connectivity index (χ3v) is 7.26. The standard InChI is InChI=1S/C26H28N2O3S/c1-3-7-20-11-14-24(15-12-20)32(30,31)27-18-21-10-13-23-16-19(2)28(25(23)17-21)26(29)22-8-5-4-6-9-22/h4-6,8-15,17,19,27H,3,7,16,18H2,1-2H3/t19-/m1/s1. The lowest BCUT2D eigenvalue weighted by Gasteiger charge is -2.23. The molecule has 0 aromatic heterocycles. The maximum atomic E-state index is 13.1. The van der Waals surface area contributed by atoms with E-state index in [1.54, 1.807) is 12.1 Å². The largest absolute Gasteiger partial charge is 0.305 e. The molecule has 0 spiro atoms. The number of anilines is 1. The summed E-state index contributed by atoms with van der Waals surface area (Å²) in [5, 5.41) is 0. The van der Waals surface area contributed by atoms with Crippen LogP contribution in [0.25, 0.3) is 0 Å². The van der Waals surface area contributed by atoms with Crippen LogP contribution in [-0.4, -0.2) is 20.4 Å². The number of carbonyl (C=O) groups is 1. The third-order valence-electron chi connectivity index (χ3n) is 5.84. The van der Waals surface area contributed by atoms with Crippen molar-refractivity contribution in [3.63, 3.8) is 0 Å². The van der Waals surface area contributed by atoms with Crippen molar-refractivity contribution in [2.45, 2.75) is 50.6 Å². The van der Waals surface area contributed by atoms with Crippen LogP contribution in [0.1, 0.15) is 47.3 Å². The topological polar surface area (TPSA) is 66.5 Å². The van der Waals surface area contributed by atoms with Crippen LogP contribution >= 0.6 is 0 Å². The number of aryl methyl sites for hydroxylation is 1. The van der Waals surface area contributed by atoms with Crippen molar-refractivity contribution in [3.8, 4) is 0 Å². The van der Waals surface area contributed by atoms with Gasteiger partial charge in [0, 0.05) is 23.8 Å². The number of fused-ring (bicyclic) bond motifs is 1. The van der Waals surface area contributed by atoms with Crippen LogP contribution in [0.3, 0.4) is 0 Å². The molecule has 0 saturated heterocycles. The first-order valence-corrected chi connectivity index (χ1v) is 12.5. The maximum Gasteiger partial charge on any atom is 0.258 e. The molecular formula is C26H28N2O3S. The summed E-state index contributed by atoms with van der Waals surface area (Å²) in [7, 11) is -3.62. The number of hydrogen-bond donors (Lipinski definition) is 1. The van der Waals surface area contributed by atoms with Crippen molar-refractivity contribution in [2.24, 2.45) is 0 Å². The van der Waals surface area contributed by atoms with E-state index in [9.17, 15) is 13.2 Å². The Morgan fingerprint density at radius 1 is 1.00 bits per heavy atom. The van der Waals surface area contributed by atoms with E-state index in [4.69, 9.17) is 0 Å². The zero-order valence-corrected chi connectivity index (χ0v) is 19.2. The number of amides is 1. The average Bonchev–Trinajstić information content (AvgIpc) is 3.13. The average molecular weight is 449 g/mol. The highest BCUT2D eigenvalue weighted by Gasteiger charge is 2.31. The van der Waals surface area contributed by atoms with E-state index in [1.165, 1.54) is 0 Å². The molecule has 166 valence electrons. The van der Waals surface area contributed by atoms with Crippen LogP contribution in [0.2, 0.25) is 0 Å². The molecule has 1 atom stereocenters. The smallest absolute Gasteiger partial charge is 0.258 e. The zero-order chi connectivity index (χ0) is 22.7. The number of carbonyl (C=O) groups excluding carboxylic acids is 1. The number of benzene rings is 3.